The van der Waals surface area contributed by atoms with Crippen LogP contribution in [0.15, 0.2) is 23.6 Å². The molecule has 4 rings (SSSR count). The van der Waals surface area contributed by atoms with Crippen LogP contribution in [0, 0.1) is 11.8 Å². The van der Waals surface area contributed by atoms with Gasteiger partial charge in [-0.3, -0.25) is 4.90 Å². The summed E-state index contributed by atoms with van der Waals surface area (Å²) in [6.45, 7) is 5.79. The number of anilines is 1. The molecule has 2 heterocycles. The van der Waals surface area contributed by atoms with E-state index in [2.05, 4.69) is 9.80 Å². The van der Waals surface area contributed by atoms with Crippen LogP contribution in [0.1, 0.15) is 12.0 Å². The van der Waals surface area contributed by atoms with E-state index in [-0.39, 0.29) is 0 Å². The van der Waals surface area contributed by atoms with E-state index in [4.69, 9.17) is 5.73 Å². The number of rotatable bonds is 4. The molecule has 0 amide bonds. The molecule has 1 aliphatic heterocycles. The second-order valence-electron chi connectivity index (χ2n) is 7.11. The number of hydrogen-bond acceptors (Lipinski definition) is 4. The van der Waals surface area contributed by atoms with E-state index in [1.807, 2.05) is 5.38 Å². The van der Waals surface area contributed by atoms with Gasteiger partial charge in [0.05, 0.1) is 11.3 Å². The predicted octanol–water partition coefficient (Wildman–Crippen LogP) is 3.64. The Morgan fingerprint density at radius 2 is 1.88 bits per heavy atom. The normalized spacial score (nSPS) is 24.9. The van der Waals surface area contributed by atoms with Gasteiger partial charge < -0.3 is 10.6 Å². The average molecular weight is 369 g/mol. The Kier molecular flexibility index (Phi) is 4.42. The molecule has 1 aromatic carbocycles. The van der Waals surface area contributed by atoms with Crippen LogP contribution >= 0.6 is 11.3 Å². The first kappa shape index (κ1) is 17.1. The summed E-state index contributed by atoms with van der Waals surface area (Å²) in [5, 5.41) is 2.92. The maximum atomic E-state index is 12.9. The van der Waals surface area contributed by atoms with Gasteiger partial charge in [-0.2, -0.15) is 13.2 Å². The van der Waals surface area contributed by atoms with Gasteiger partial charge in [0.25, 0.3) is 0 Å². The molecular formula is C18H22F3N3S. The quantitative estimate of drug-likeness (QED) is 0.893. The monoisotopic (exact) mass is 369 g/mol. The highest BCUT2D eigenvalue weighted by molar-refractivity contribution is 7.17. The number of hydrogen-bond donors (Lipinski definition) is 1. The molecule has 2 fully saturated rings. The molecule has 0 unspecified atom stereocenters. The second kappa shape index (κ2) is 6.45. The van der Waals surface area contributed by atoms with Gasteiger partial charge in [0.2, 0.25) is 0 Å². The minimum atomic E-state index is -4.28. The van der Waals surface area contributed by atoms with Crippen LogP contribution in [0.4, 0.5) is 18.9 Å². The average Bonchev–Trinajstić information content (AvgIpc) is 3.20. The fourth-order valence-corrected chi connectivity index (χ4v) is 4.77. The lowest BCUT2D eigenvalue weighted by Crippen LogP contribution is -2.47. The van der Waals surface area contributed by atoms with E-state index < -0.39 is 11.7 Å². The van der Waals surface area contributed by atoms with Crippen LogP contribution in [0.25, 0.3) is 10.1 Å². The summed E-state index contributed by atoms with van der Waals surface area (Å²) >= 11 is 1.39. The van der Waals surface area contributed by atoms with Gasteiger partial charge in [0.1, 0.15) is 0 Å². The van der Waals surface area contributed by atoms with E-state index in [0.29, 0.717) is 10.6 Å². The fourth-order valence-electron chi connectivity index (χ4n) is 3.76. The van der Waals surface area contributed by atoms with Crippen LogP contribution in [0.2, 0.25) is 0 Å². The van der Waals surface area contributed by atoms with Gasteiger partial charge in [0.15, 0.2) is 0 Å². The summed E-state index contributed by atoms with van der Waals surface area (Å²) in [6, 6.07) is 4.07. The molecular weight excluding hydrogens is 347 g/mol. The Balaban J connectivity index is 1.43. The van der Waals surface area contributed by atoms with E-state index in [9.17, 15) is 13.2 Å². The number of benzene rings is 1. The second-order valence-corrected chi connectivity index (χ2v) is 8.02. The highest BCUT2D eigenvalue weighted by Crippen LogP contribution is 2.39. The highest BCUT2D eigenvalue weighted by Gasteiger charge is 2.37. The summed E-state index contributed by atoms with van der Waals surface area (Å²) in [5.41, 5.74) is 6.21. The van der Waals surface area contributed by atoms with Crippen LogP contribution in [-0.4, -0.2) is 44.2 Å². The summed E-state index contributed by atoms with van der Waals surface area (Å²) in [4.78, 5) is 4.79. The van der Waals surface area contributed by atoms with Gasteiger partial charge >= 0.3 is 6.18 Å². The molecule has 1 saturated heterocycles. The molecule has 1 aromatic heterocycles. The number of halogens is 3. The van der Waals surface area contributed by atoms with Gasteiger partial charge in [-0.15, -0.1) is 11.3 Å². The fraction of sp³-hybridized carbons (Fsp3) is 0.556. The molecule has 1 saturated carbocycles. The van der Waals surface area contributed by atoms with Crippen molar-refractivity contribution >= 4 is 27.1 Å². The molecule has 2 N–H and O–H groups in total. The molecule has 2 aliphatic rings. The highest BCUT2D eigenvalue weighted by atomic mass is 32.1. The topological polar surface area (TPSA) is 32.5 Å². The Labute approximate surface area is 149 Å². The van der Waals surface area contributed by atoms with E-state index >= 15 is 0 Å². The SMILES string of the molecule is NC[C@@H]1C[C@H]1CN1CCN(c2csc3cc(C(F)(F)F)ccc23)CC1. The van der Waals surface area contributed by atoms with Gasteiger partial charge in [-0.1, -0.05) is 6.07 Å². The van der Waals surface area contributed by atoms with Crippen molar-refractivity contribution in [3.63, 3.8) is 0 Å². The van der Waals surface area contributed by atoms with Crippen molar-refractivity contribution in [1.82, 2.24) is 4.90 Å². The third kappa shape index (κ3) is 3.50. The number of nitrogens with zero attached hydrogens (tertiary/aromatic N) is 2. The number of fused-ring (bicyclic) bond motifs is 1. The molecule has 0 radical (unpaired) electrons. The molecule has 1 aliphatic carbocycles. The zero-order chi connectivity index (χ0) is 17.6. The van der Waals surface area contributed by atoms with Crippen molar-refractivity contribution in [2.45, 2.75) is 12.6 Å². The third-order valence-electron chi connectivity index (χ3n) is 5.46. The molecule has 0 spiro atoms. The third-order valence-corrected chi connectivity index (χ3v) is 6.39. The molecule has 3 nitrogen and oxygen atoms in total. The number of alkyl halides is 3. The van der Waals surface area contributed by atoms with E-state index in [1.165, 1.54) is 29.9 Å². The van der Waals surface area contributed by atoms with Crippen molar-refractivity contribution in [3.05, 3.63) is 29.1 Å². The smallest absolute Gasteiger partial charge is 0.368 e. The van der Waals surface area contributed by atoms with Gasteiger partial charge in [-0.05, 0) is 36.9 Å². The standard InChI is InChI=1S/C18H22F3N3S/c19-18(20,21)14-1-2-15-16(11-25-17(15)8-14)24-5-3-23(4-6-24)10-13-7-12(13)9-22/h1-2,8,11-13H,3-7,9-10,22H2/t12-,13-/m0/s1. The summed E-state index contributed by atoms with van der Waals surface area (Å²) in [5.74, 6) is 1.47. The van der Waals surface area contributed by atoms with Crippen LogP contribution in [0.3, 0.4) is 0 Å². The largest absolute Gasteiger partial charge is 0.416 e. The predicted molar refractivity (Wildman–Crippen MR) is 96.1 cm³/mol. The van der Waals surface area contributed by atoms with Gasteiger partial charge in [0, 0.05) is 48.2 Å². The number of thiophene rings is 1. The molecule has 2 atom stereocenters. The van der Waals surface area contributed by atoms with E-state index in [1.54, 1.807) is 6.07 Å². The summed E-state index contributed by atoms with van der Waals surface area (Å²) < 4.78 is 39.3. The van der Waals surface area contributed by atoms with Crippen LogP contribution < -0.4 is 10.6 Å². The Morgan fingerprint density at radius 3 is 2.52 bits per heavy atom. The Hall–Kier alpha value is -1.31. The zero-order valence-electron chi connectivity index (χ0n) is 13.9. The first-order valence-electron chi connectivity index (χ1n) is 8.71. The number of nitrogens with two attached hydrogens (primary N) is 1. The maximum absolute atomic E-state index is 12.9. The maximum Gasteiger partial charge on any atom is 0.416 e. The van der Waals surface area contributed by atoms with Crippen molar-refractivity contribution in [2.75, 3.05) is 44.2 Å². The number of piperazine rings is 1. The first-order valence-corrected chi connectivity index (χ1v) is 9.59. The minimum Gasteiger partial charge on any atom is -0.368 e. The van der Waals surface area contributed by atoms with Crippen molar-refractivity contribution in [1.29, 1.82) is 0 Å². The van der Waals surface area contributed by atoms with Crippen molar-refractivity contribution in [3.8, 4) is 0 Å². The summed E-state index contributed by atoms with van der Waals surface area (Å²) in [7, 11) is 0. The lowest BCUT2D eigenvalue weighted by Gasteiger charge is -2.36. The van der Waals surface area contributed by atoms with Gasteiger partial charge in [-0.25, -0.2) is 0 Å². The first-order chi connectivity index (χ1) is 12.0. The zero-order valence-corrected chi connectivity index (χ0v) is 14.7. The van der Waals surface area contributed by atoms with Crippen molar-refractivity contribution in [2.24, 2.45) is 17.6 Å². The molecule has 0 bridgehead atoms. The Bertz CT molecular complexity index is 750. The lowest BCUT2D eigenvalue weighted by atomic mass is 10.1. The Morgan fingerprint density at radius 1 is 1.12 bits per heavy atom. The van der Waals surface area contributed by atoms with Crippen LogP contribution in [-0.2, 0) is 6.18 Å². The van der Waals surface area contributed by atoms with Crippen molar-refractivity contribution < 1.29 is 13.2 Å². The molecule has 7 heteroatoms. The van der Waals surface area contributed by atoms with Crippen LogP contribution in [0.5, 0.6) is 0 Å². The molecule has 25 heavy (non-hydrogen) atoms. The summed E-state index contributed by atoms with van der Waals surface area (Å²) in [6.07, 6.45) is -3.03. The lowest BCUT2D eigenvalue weighted by molar-refractivity contribution is -0.137. The minimum absolute atomic E-state index is 0.572. The van der Waals surface area contributed by atoms with E-state index in [0.717, 1.165) is 56.3 Å². The molecule has 136 valence electrons. The molecule has 2 aromatic rings.